The van der Waals surface area contributed by atoms with Gasteiger partial charge in [-0.25, -0.2) is 28.6 Å². The van der Waals surface area contributed by atoms with Crippen molar-refractivity contribution in [1.29, 1.82) is 0 Å². The summed E-state index contributed by atoms with van der Waals surface area (Å²) in [7, 11) is -8.63. The largest absolute Gasteiger partial charge is 0.476 e. The molecule has 2 unspecified atom stereocenters. The van der Waals surface area contributed by atoms with Gasteiger partial charge in [-0.1, -0.05) is 42.1 Å². The first-order chi connectivity index (χ1) is 32.7. The van der Waals surface area contributed by atoms with Crippen LogP contribution < -0.4 is 26.0 Å². The van der Waals surface area contributed by atoms with Crippen LogP contribution >= 0.6 is 27.3 Å². The van der Waals surface area contributed by atoms with Crippen LogP contribution in [0.5, 0.6) is 11.8 Å². The molecule has 7 N–H and O–H groups in total. The van der Waals surface area contributed by atoms with Crippen molar-refractivity contribution in [2.45, 2.75) is 96.2 Å². The van der Waals surface area contributed by atoms with Crippen LogP contribution in [0.2, 0.25) is 0 Å². The summed E-state index contributed by atoms with van der Waals surface area (Å²) < 4.78 is 98.9. The number of nitrogen functional groups attached to an aromatic ring is 2. The van der Waals surface area contributed by atoms with E-state index in [1.807, 2.05) is 6.07 Å². The Labute approximate surface area is 398 Å². The molecular formula is C40H54FN11O14P2S. The van der Waals surface area contributed by atoms with Gasteiger partial charge < -0.3 is 40.6 Å². The number of rotatable bonds is 20. The van der Waals surface area contributed by atoms with Gasteiger partial charge in [-0.3, -0.25) is 36.5 Å². The number of benzene rings is 1. The molecule has 3 fully saturated rings. The van der Waals surface area contributed by atoms with E-state index in [0.29, 0.717) is 0 Å². The van der Waals surface area contributed by atoms with Crippen LogP contribution in [0.1, 0.15) is 59.6 Å². The molecule has 0 saturated carbocycles. The van der Waals surface area contributed by atoms with Crippen molar-refractivity contribution in [3.8, 4) is 11.8 Å². The summed E-state index contributed by atoms with van der Waals surface area (Å²) in [5.74, 6) is -0.0400. The Morgan fingerprint density at radius 1 is 0.986 bits per heavy atom. The van der Waals surface area contributed by atoms with Gasteiger partial charge in [-0.15, -0.1) is 0 Å². The summed E-state index contributed by atoms with van der Waals surface area (Å²) >= 11 is 0.824. The van der Waals surface area contributed by atoms with Gasteiger partial charge in [0, 0.05) is 12.3 Å². The molecule has 8 rings (SSSR count). The lowest BCUT2D eigenvalue weighted by Gasteiger charge is -2.35. The normalized spacial score (nSPS) is 29.1. The number of carbonyl (C=O) groups excluding carboxylic acids is 1. The Bertz CT molecular complexity index is 2750. The molecule has 376 valence electrons. The predicted molar refractivity (Wildman–Crippen MR) is 244 cm³/mol. The first-order valence-electron chi connectivity index (χ1n) is 21.8. The van der Waals surface area contributed by atoms with E-state index in [4.69, 9.17) is 53.0 Å². The molecular weight excluding hydrogens is 972 g/mol. The maximum Gasteiger partial charge on any atom is 0.475 e. The van der Waals surface area contributed by atoms with Crippen LogP contribution in [0.3, 0.4) is 0 Å². The molecule has 0 bridgehead atoms. The Kier molecular flexibility index (Phi) is 14.7. The molecule has 3 aliphatic rings. The molecule has 0 spiro atoms. The Morgan fingerprint density at radius 2 is 1.59 bits per heavy atom. The van der Waals surface area contributed by atoms with Crippen molar-refractivity contribution in [2.75, 3.05) is 56.9 Å². The van der Waals surface area contributed by atoms with Crippen LogP contribution in [0.4, 0.5) is 16.3 Å². The van der Waals surface area contributed by atoms with Crippen molar-refractivity contribution in [3.63, 3.8) is 0 Å². The maximum absolute atomic E-state index is 16.4. The Hall–Kier alpha value is -4.47. The topological polar surface area (TPSA) is 326 Å². The lowest BCUT2D eigenvalue weighted by atomic mass is 9.96. The summed E-state index contributed by atoms with van der Waals surface area (Å²) in [5, 5.41) is 25.3. The van der Waals surface area contributed by atoms with Crippen LogP contribution in [0.25, 0.3) is 22.3 Å². The number of fused-ring (bicyclic) bond motifs is 3. The molecule has 5 aromatic rings. The smallest absolute Gasteiger partial charge is 0.475 e. The molecule has 0 aliphatic carbocycles. The van der Waals surface area contributed by atoms with Gasteiger partial charge in [0.25, 0.3) is 0 Å². The predicted octanol–water partition coefficient (Wildman–Crippen LogP) is 4.02. The zero-order valence-electron chi connectivity index (χ0n) is 38.4. The van der Waals surface area contributed by atoms with Crippen LogP contribution in [0, 0.1) is 5.41 Å². The lowest BCUT2D eigenvalue weighted by Crippen LogP contribution is -2.47. The second-order valence-corrected chi connectivity index (χ2v) is 21.7. The molecule has 3 aliphatic heterocycles. The quantitative estimate of drug-likeness (QED) is 0.0543. The molecule has 69 heavy (non-hydrogen) atoms. The summed E-state index contributed by atoms with van der Waals surface area (Å²) in [6, 6.07) is 8.96. The number of phosphoric acid groups is 1. The van der Waals surface area contributed by atoms with Gasteiger partial charge in [-0.05, 0) is 47.1 Å². The second kappa shape index (κ2) is 20.0. The first kappa shape index (κ1) is 50.9. The summed E-state index contributed by atoms with van der Waals surface area (Å²) in [4.78, 5) is 38.7. The molecule has 0 amide bonds. The fourth-order valence-corrected chi connectivity index (χ4v) is 11.7. The van der Waals surface area contributed by atoms with E-state index in [9.17, 15) is 24.1 Å². The van der Waals surface area contributed by atoms with E-state index in [2.05, 4.69) is 35.0 Å². The fraction of sp³-hybridized carbons (Fsp3) is 0.575. The minimum Gasteiger partial charge on any atom is -0.476 e. The fourth-order valence-electron chi connectivity index (χ4n) is 7.79. The van der Waals surface area contributed by atoms with E-state index in [1.54, 1.807) is 52.0 Å². The standard InChI is InChI=1S/C40H54FN11O14P2S/c1-7-58-31-25-29(47-36(42)49-31)51(20-44-25)33-39(5,41)27(53)23(64-33)17-61-67(56,46-16-22-12-10-9-11-13-22)60-14-15-69-35(54)38(3,4)19-63-68(57)62-18-24-28(66-68)40(6,55)34(65-24)52-21-45-26-30(52)48-37(43)50-32(26)59-8-2/h9-13,20-21,23-24,27-28,33-34,53,55H,7-8,14-19H2,1-6H3,(H,46,56)(H2,42,47,49)(H2,43,48,50)/t23-,24-,27-,28-,33-,34-,39-,40-,67?,68?/m1/s1. The van der Waals surface area contributed by atoms with Crippen molar-refractivity contribution < 1.29 is 70.1 Å². The minimum atomic E-state index is -4.38. The van der Waals surface area contributed by atoms with Gasteiger partial charge in [-0.2, -0.15) is 19.9 Å². The van der Waals surface area contributed by atoms with E-state index in [-0.39, 0.29) is 84.7 Å². The number of imidazole rings is 2. The molecule has 3 saturated heterocycles. The summed E-state index contributed by atoms with van der Waals surface area (Å²) in [6.45, 7) is 8.19. The highest BCUT2D eigenvalue weighted by Crippen LogP contribution is 2.59. The number of phosphoric ester groups is 1. The number of aliphatic hydroxyl groups excluding tert-OH is 1. The van der Waals surface area contributed by atoms with Gasteiger partial charge in [0.15, 0.2) is 45.6 Å². The van der Waals surface area contributed by atoms with E-state index >= 15 is 4.39 Å². The highest BCUT2D eigenvalue weighted by atomic mass is 32.2. The molecule has 29 heteroatoms. The zero-order valence-corrected chi connectivity index (χ0v) is 41.0. The van der Waals surface area contributed by atoms with Gasteiger partial charge >= 0.3 is 15.6 Å². The number of ether oxygens (including phenoxy) is 4. The third-order valence-electron chi connectivity index (χ3n) is 11.4. The third kappa shape index (κ3) is 10.5. The number of halogens is 1. The third-order valence-corrected chi connectivity index (χ3v) is 15.5. The average molecular weight is 1030 g/mol. The zero-order chi connectivity index (χ0) is 49.5. The number of nitrogens with zero attached hydrogens (tertiary/aromatic N) is 8. The number of thioether (sulfide) groups is 1. The molecule has 4 aromatic heterocycles. The number of alkyl halides is 1. The lowest BCUT2D eigenvalue weighted by molar-refractivity contribution is -0.120. The number of hydrogen-bond acceptors (Lipinski definition) is 23. The van der Waals surface area contributed by atoms with Crippen molar-refractivity contribution >= 4 is 66.7 Å². The van der Waals surface area contributed by atoms with Gasteiger partial charge in [0.2, 0.25) is 23.7 Å². The van der Waals surface area contributed by atoms with E-state index in [0.717, 1.165) is 24.2 Å². The first-order valence-corrected chi connectivity index (χ1v) is 25.8. The minimum absolute atomic E-state index is 0.0280. The molecule has 7 heterocycles. The highest BCUT2D eigenvalue weighted by molar-refractivity contribution is 8.13. The van der Waals surface area contributed by atoms with Gasteiger partial charge in [0.05, 0.1) is 57.7 Å². The number of carbonyl (C=O) groups is 1. The van der Waals surface area contributed by atoms with E-state index < -0.39 is 87.5 Å². The van der Waals surface area contributed by atoms with Crippen molar-refractivity contribution in [3.05, 3.63) is 48.5 Å². The Morgan fingerprint density at radius 3 is 2.20 bits per heavy atom. The van der Waals surface area contributed by atoms with Crippen LogP contribution in [-0.4, -0.2) is 135 Å². The molecule has 0 radical (unpaired) electrons. The number of nitrogens with one attached hydrogen (secondary N) is 1. The molecule has 25 nitrogen and oxygen atoms in total. The Balaban J connectivity index is 0.868. The number of nitrogens with two attached hydrogens (primary N) is 2. The maximum atomic E-state index is 16.4. The second-order valence-electron chi connectivity index (χ2n) is 17.2. The summed E-state index contributed by atoms with van der Waals surface area (Å²) in [6.07, 6.45) is -5.23. The van der Waals surface area contributed by atoms with E-state index in [1.165, 1.54) is 28.7 Å². The van der Waals surface area contributed by atoms with Gasteiger partial charge in [0.1, 0.15) is 30.0 Å². The SMILES string of the molecule is CCOc1nc(N)nc2c1ncn2[C@@H]1O[C@@H]2COP(=O)(OCC(C)(C)C(=O)SCCOP(=O)(NCc3ccccc3)OC[C@H]3O[C@@H](n4cnc5c(OCC)nc(N)nc54)[C@](C)(F)[C@@H]3O)O[C@H]2[C@@]1(C)O. The van der Waals surface area contributed by atoms with Crippen LogP contribution in [-0.2, 0) is 52.6 Å². The number of aliphatic hydroxyl groups is 2. The van der Waals surface area contributed by atoms with Crippen molar-refractivity contribution in [2.24, 2.45) is 5.41 Å². The molecule has 10 atom stereocenters. The summed E-state index contributed by atoms with van der Waals surface area (Å²) in [5.41, 5.74) is 7.81. The molecule has 1 aromatic carbocycles. The monoisotopic (exact) mass is 1030 g/mol. The van der Waals surface area contributed by atoms with Crippen molar-refractivity contribution in [1.82, 2.24) is 44.1 Å². The average Bonchev–Trinajstić information content (AvgIpc) is 4.04. The highest BCUT2D eigenvalue weighted by Gasteiger charge is 2.61. The number of anilines is 2. The number of hydrogen-bond donors (Lipinski definition) is 5. The number of aromatic nitrogens is 8. The van der Waals surface area contributed by atoms with Crippen LogP contribution in [0.15, 0.2) is 43.0 Å².